The van der Waals surface area contributed by atoms with Gasteiger partial charge in [0.15, 0.2) is 0 Å². The van der Waals surface area contributed by atoms with Gasteiger partial charge >= 0.3 is 0 Å². The zero-order chi connectivity index (χ0) is 32.1. The maximum absolute atomic E-state index is 2.48. The van der Waals surface area contributed by atoms with Crippen molar-refractivity contribution >= 4 is 54.5 Å². The number of nitrogens with zero attached hydrogens (tertiary/aromatic N) is 1. The van der Waals surface area contributed by atoms with Gasteiger partial charge in [-0.25, -0.2) is 0 Å². The highest BCUT2D eigenvalue weighted by molar-refractivity contribution is 6.23. The molecule has 2 bridgehead atoms. The van der Waals surface area contributed by atoms with E-state index in [-0.39, 0.29) is 0 Å². The van der Waals surface area contributed by atoms with Crippen molar-refractivity contribution in [2.24, 2.45) is 5.92 Å². The van der Waals surface area contributed by atoms with E-state index in [4.69, 9.17) is 0 Å². The molecule has 0 N–H and O–H groups in total. The van der Waals surface area contributed by atoms with E-state index in [1.165, 1.54) is 88.0 Å². The highest BCUT2D eigenvalue weighted by Gasteiger charge is 2.23. The Hall–Kier alpha value is -5.40. The maximum Gasteiger partial charge on any atom is 0.0618 e. The molecule has 7 aromatic carbocycles. The lowest BCUT2D eigenvalue weighted by molar-refractivity contribution is 0.728. The van der Waals surface area contributed by atoms with Crippen molar-refractivity contribution in [3.05, 3.63) is 168 Å². The molecule has 1 nitrogen and oxygen atoms in total. The topological polar surface area (TPSA) is 3.24 Å². The number of hydrogen-bond acceptors (Lipinski definition) is 1. The van der Waals surface area contributed by atoms with Crippen molar-refractivity contribution in [2.75, 3.05) is 4.90 Å². The van der Waals surface area contributed by atoms with Crippen LogP contribution < -0.4 is 4.90 Å². The van der Waals surface area contributed by atoms with Crippen LogP contribution in [0.4, 0.5) is 11.4 Å². The van der Waals surface area contributed by atoms with Crippen molar-refractivity contribution in [1.82, 2.24) is 0 Å². The molecule has 1 atom stereocenters. The Morgan fingerprint density at radius 2 is 1.17 bits per heavy atom. The molecule has 1 aliphatic carbocycles. The fourth-order valence-corrected chi connectivity index (χ4v) is 7.35. The van der Waals surface area contributed by atoms with Crippen LogP contribution in [-0.2, 0) is 0 Å². The molecule has 47 heavy (non-hydrogen) atoms. The van der Waals surface area contributed by atoms with Gasteiger partial charge in [0, 0.05) is 22.2 Å². The average Bonchev–Trinajstić information content (AvgIpc) is 3.08. The fraction of sp³-hybridized carbons (Fsp3) is 0.130. The van der Waals surface area contributed by atoms with Gasteiger partial charge in [-0.3, -0.25) is 0 Å². The summed E-state index contributed by atoms with van der Waals surface area (Å²) >= 11 is 0. The molecule has 7 aromatic rings. The minimum absolute atomic E-state index is 0.534. The van der Waals surface area contributed by atoms with Gasteiger partial charge < -0.3 is 4.90 Å². The highest BCUT2D eigenvalue weighted by atomic mass is 15.1. The summed E-state index contributed by atoms with van der Waals surface area (Å²) in [7, 11) is 0. The molecule has 0 spiro atoms. The molecule has 0 saturated heterocycles. The van der Waals surface area contributed by atoms with E-state index < -0.39 is 0 Å². The largest absolute Gasteiger partial charge is 0.310 e. The van der Waals surface area contributed by atoms with Crippen molar-refractivity contribution in [3.8, 4) is 11.1 Å². The maximum atomic E-state index is 2.48. The van der Waals surface area contributed by atoms with E-state index >= 15 is 0 Å². The zero-order valence-corrected chi connectivity index (χ0v) is 27.6. The first-order valence-corrected chi connectivity index (χ1v) is 16.7. The summed E-state index contributed by atoms with van der Waals surface area (Å²) in [6.07, 6.45) is 8.09. The molecular weight excluding hydrogens is 567 g/mol. The van der Waals surface area contributed by atoms with Crippen LogP contribution in [0.15, 0.2) is 151 Å². The number of aryl methyl sites for hydroxylation is 3. The van der Waals surface area contributed by atoms with Crippen LogP contribution in [0.3, 0.4) is 0 Å². The lowest BCUT2D eigenvalue weighted by atomic mass is 9.87. The van der Waals surface area contributed by atoms with Gasteiger partial charge in [-0.15, -0.1) is 0 Å². The summed E-state index contributed by atoms with van der Waals surface area (Å²) in [5.74, 6) is 0.534. The first-order valence-electron chi connectivity index (χ1n) is 16.7. The van der Waals surface area contributed by atoms with Gasteiger partial charge in [0.1, 0.15) is 0 Å². The molecule has 0 saturated carbocycles. The number of allylic oxidation sites excluding steroid dienone is 3. The van der Waals surface area contributed by atoms with Gasteiger partial charge in [0.2, 0.25) is 0 Å². The van der Waals surface area contributed by atoms with Crippen LogP contribution in [0.2, 0.25) is 0 Å². The lowest BCUT2D eigenvalue weighted by Gasteiger charge is -2.31. The summed E-state index contributed by atoms with van der Waals surface area (Å²) in [6.45, 7) is 8.84. The summed E-state index contributed by atoms with van der Waals surface area (Å²) < 4.78 is 0. The number of benzene rings is 6. The Balaban J connectivity index is 1.51. The summed E-state index contributed by atoms with van der Waals surface area (Å²) in [5, 5.41) is 10.0. The van der Waals surface area contributed by atoms with Gasteiger partial charge in [-0.1, -0.05) is 139 Å². The monoisotopic (exact) mass is 605 g/mol. The predicted octanol–water partition coefficient (Wildman–Crippen LogP) is 13.1. The smallest absolute Gasteiger partial charge is 0.0618 e. The Morgan fingerprint density at radius 3 is 1.83 bits per heavy atom. The quantitative estimate of drug-likeness (QED) is 0.180. The summed E-state index contributed by atoms with van der Waals surface area (Å²) in [4.78, 5) is 2.48. The molecule has 0 aromatic heterocycles. The van der Waals surface area contributed by atoms with Gasteiger partial charge in [0.05, 0.1) is 5.69 Å². The van der Waals surface area contributed by atoms with Crippen LogP contribution in [-0.4, -0.2) is 0 Å². The van der Waals surface area contributed by atoms with E-state index in [1.54, 1.807) is 0 Å². The second-order valence-corrected chi connectivity index (χ2v) is 13.3. The number of anilines is 2. The second kappa shape index (κ2) is 11.8. The van der Waals surface area contributed by atoms with Gasteiger partial charge in [-0.05, 0) is 106 Å². The predicted molar refractivity (Wildman–Crippen MR) is 205 cm³/mol. The van der Waals surface area contributed by atoms with E-state index in [0.29, 0.717) is 5.92 Å². The molecule has 1 aliphatic rings. The van der Waals surface area contributed by atoms with Crippen LogP contribution in [0.1, 0.15) is 30.0 Å². The Bertz CT molecular complexity index is 2370. The van der Waals surface area contributed by atoms with Crippen molar-refractivity contribution < 1.29 is 0 Å². The number of hydrogen-bond donors (Lipinski definition) is 0. The zero-order valence-electron chi connectivity index (χ0n) is 27.6. The van der Waals surface area contributed by atoms with Gasteiger partial charge in [-0.2, -0.15) is 0 Å². The lowest BCUT2D eigenvalue weighted by Crippen LogP contribution is -2.18. The average molecular weight is 606 g/mol. The van der Waals surface area contributed by atoms with E-state index in [0.717, 1.165) is 6.42 Å². The molecule has 0 amide bonds. The van der Waals surface area contributed by atoms with E-state index in [2.05, 4.69) is 178 Å². The number of fused-ring (bicyclic) bond motifs is 3. The van der Waals surface area contributed by atoms with Crippen LogP contribution >= 0.6 is 0 Å². The molecule has 0 radical (unpaired) electrons. The normalized spacial score (nSPS) is 14.6. The molecule has 228 valence electrons. The third-order valence-electron chi connectivity index (χ3n) is 9.69. The van der Waals surface area contributed by atoms with Crippen molar-refractivity contribution in [2.45, 2.75) is 34.1 Å². The first kappa shape index (κ1) is 29.0. The minimum atomic E-state index is 0.534. The van der Waals surface area contributed by atoms with Crippen LogP contribution in [0.5, 0.6) is 0 Å². The van der Waals surface area contributed by atoms with E-state index in [1.807, 2.05) is 0 Å². The third kappa shape index (κ3) is 5.22. The number of rotatable bonds is 4. The molecule has 0 aliphatic heterocycles. The van der Waals surface area contributed by atoms with Crippen LogP contribution in [0, 0.1) is 26.7 Å². The fourth-order valence-electron chi connectivity index (χ4n) is 7.35. The summed E-state index contributed by atoms with van der Waals surface area (Å²) in [6, 6.07) is 47.6. The Labute approximate surface area is 277 Å². The Kier molecular flexibility index (Phi) is 7.26. The van der Waals surface area contributed by atoms with Crippen molar-refractivity contribution in [3.63, 3.8) is 0 Å². The highest BCUT2D eigenvalue weighted by Crippen LogP contribution is 2.48. The van der Waals surface area contributed by atoms with Gasteiger partial charge in [0.25, 0.3) is 0 Å². The van der Waals surface area contributed by atoms with E-state index in [9.17, 15) is 0 Å². The van der Waals surface area contributed by atoms with Crippen molar-refractivity contribution in [1.29, 1.82) is 0 Å². The second-order valence-electron chi connectivity index (χ2n) is 13.3. The molecule has 0 fully saturated rings. The molecular formula is C46H39N. The third-order valence-corrected chi connectivity index (χ3v) is 9.69. The molecule has 1 heteroatoms. The summed E-state index contributed by atoms with van der Waals surface area (Å²) in [5.41, 5.74) is 9.89. The van der Waals surface area contributed by atoms with Crippen LogP contribution in [0.25, 0.3) is 54.2 Å². The minimum Gasteiger partial charge on any atom is -0.310 e. The Morgan fingerprint density at radius 1 is 0.532 bits per heavy atom. The molecule has 0 heterocycles. The SMILES string of the molecule is Cc1ccc(N(C2=CCC(C)C=C2)c2c3ccccc3c(-c3cc(C)cccc4cc(C)cc5ccc3cc45)c3ccccc23)cc1. The first-order chi connectivity index (χ1) is 22.9. The molecule has 8 rings (SSSR count). The molecule has 1 unspecified atom stereocenters. The standard InChI is InChI=1S/C46H39N/c1-30-16-22-37(23-17-30)47(38-24-18-31(2)19-25-38)46-41-14-7-5-12-39(41)45(40-13-6-8-15-42(40)46)44-28-32(3)10-9-11-34-26-33(4)27-35-20-21-36(44)29-43(34)35/h5-18,20-29,31H,19H2,1-4H3.